The molecule has 0 saturated heterocycles. The molecular formula is C13H16N2O3. The number of carbonyl (C=O) groups excluding carboxylic acids is 1. The molecular weight excluding hydrogens is 232 g/mol. The van der Waals surface area contributed by atoms with Crippen LogP contribution in [0.1, 0.15) is 22.3 Å². The third kappa shape index (κ3) is 4.95. The van der Waals surface area contributed by atoms with Gasteiger partial charge in [0, 0.05) is 18.7 Å². The largest absolute Gasteiger partial charge is 0.394 e. The number of amides is 1. The van der Waals surface area contributed by atoms with Gasteiger partial charge >= 0.3 is 0 Å². The molecule has 0 fully saturated rings. The zero-order valence-corrected chi connectivity index (χ0v) is 10.1. The Morgan fingerprint density at radius 2 is 2.06 bits per heavy atom. The molecule has 5 nitrogen and oxygen atoms in total. The Morgan fingerprint density at radius 1 is 1.33 bits per heavy atom. The molecule has 5 heteroatoms. The topological polar surface area (TPSA) is 82.4 Å². The van der Waals surface area contributed by atoms with Crippen LogP contribution in [0.25, 0.3) is 0 Å². The number of nitrogens with zero attached hydrogens (tertiary/aromatic N) is 1. The second-order valence-electron chi connectivity index (χ2n) is 3.63. The van der Waals surface area contributed by atoms with Gasteiger partial charge in [0.2, 0.25) is 0 Å². The average Bonchev–Trinajstić information content (AvgIpc) is 2.42. The Morgan fingerprint density at radius 3 is 2.67 bits per heavy atom. The van der Waals surface area contributed by atoms with E-state index in [0.717, 1.165) is 0 Å². The maximum absolute atomic E-state index is 11.7. The molecule has 0 aliphatic carbocycles. The summed E-state index contributed by atoms with van der Waals surface area (Å²) in [6, 6.07) is 8.46. The number of hydrogen-bond acceptors (Lipinski definition) is 4. The van der Waals surface area contributed by atoms with E-state index < -0.39 is 0 Å². The standard InChI is InChI=1S/C13H16N2O3/c14-10-11-2-4-12(5-3-11)13(17)15-6-1-8-18-9-7-16/h2-5,16H,1,6-9H2,(H,15,17). The summed E-state index contributed by atoms with van der Waals surface area (Å²) >= 11 is 0. The van der Waals surface area contributed by atoms with E-state index in [1.165, 1.54) is 0 Å². The van der Waals surface area contributed by atoms with Gasteiger partial charge in [0.1, 0.15) is 0 Å². The molecule has 0 aliphatic rings. The zero-order chi connectivity index (χ0) is 13.2. The first kappa shape index (κ1) is 14.2. The Balaban J connectivity index is 2.26. The Labute approximate surface area is 106 Å². The van der Waals surface area contributed by atoms with Crippen LogP contribution in [0.5, 0.6) is 0 Å². The van der Waals surface area contributed by atoms with Crippen molar-refractivity contribution >= 4 is 5.91 Å². The predicted octanol–water partition coefficient (Wildman–Crippen LogP) is 0.687. The molecule has 0 heterocycles. The lowest BCUT2D eigenvalue weighted by Crippen LogP contribution is -2.25. The van der Waals surface area contributed by atoms with Crippen molar-refractivity contribution in [3.05, 3.63) is 35.4 Å². The summed E-state index contributed by atoms with van der Waals surface area (Å²) in [5.41, 5.74) is 1.06. The number of nitriles is 1. The monoisotopic (exact) mass is 248 g/mol. The van der Waals surface area contributed by atoms with E-state index in [1.807, 2.05) is 6.07 Å². The van der Waals surface area contributed by atoms with Crippen LogP contribution in [0.4, 0.5) is 0 Å². The molecule has 0 saturated carbocycles. The van der Waals surface area contributed by atoms with Gasteiger partial charge in [-0.25, -0.2) is 0 Å². The lowest BCUT2D eigenvalue weighted by molar-refractivity contribution is 0.0867. The van der Waals surface area contributed by atoms with Crippen molar-refractivity contribution in [1.29, 1.82) is 5.26 Å². The van der Waals surface area contributed by atoms with Crippen LogP contribution in [-0.2, 0) is 4.74 Å². The second-order valence-corrected chi connectivity index (χ2v) is 3.63. The highest BCUT2D eigenvalue weighted by molar-refractivity contribution is 5.94. The van der Waals surface area contributed by atoms with Gasteiger partial charge in [0.25, 0.3) is 5.91 Å². The number of rotatable bonds is 7. The van der Waals surface area contributed by atoms with Crippen molar-refractivity contribution in [3.63, 3.8) is 0 Å². The summed E-state index contributed by atoms with van der Waals surface area (Å²) in [5, 5.41) is 19.9. The third-order valence-electron chi connectivity index (χ3n) is 2.26. The molecule has 0 aliphatic heterocycles. The van der Waals surface area contributed by atoms with Crippen molar-refractivity contribution < 1.29 is 14.6 Å². The van der Waals surface area contributed by atoms with Gasteiger partial charge in [-0.05, 0) is 30.7 Å². The van der Waals surface area contributed by atoms with Gasteiger partial charge < -0.3 is 15.2 Å². The molecule has 1 rings (SSSR count). The van der Waals surface area contributed by atoms with Crippen LogP contribution >= 0.6 is 0 Å². The Kier molecular flexibility index (Phi) is 6.47. The fraction of sp³-hybridized carbons (Fsp3) is 0.385. The molecule has 0 spiro atoms. The minimum atomic E-state index is -0.165. The van der Waals surface area contributed by atoms with E-state index in [9.17, 15) is 4.79 Å². The lowest BCUT2D eigenvalue weighted by atomic mass is 10.1. The smallest absolute Gasteiger partial charge is 0.251 e. The molecule has 1 aromatic rings. The molecule has 2 N–H and O–H groups in total. The summed E-state index contributed by atoms with van der Waals surface area (Å²) < 4.78 is 5.06. The minimum absolute atomic E-state index is 0.0115. The molecule has 0 radical (unpaired) electrons. The highest BCUT2D eigenvalue weighted by Crippen LogP contribution is 2.02. The van der Waals surface area contributed by atoms with Crippen LogP contribution in [0, 0.1) is 11.3 Å². The van der Waals surface area contributed by atoms with Crippen molar-refractivity contribution in [1.82, 2.24) is 5.32 Å². The predicted molar refractivity (Wildman–Crippen MR) is 66.0 cm³/mol. The van der Waals surface area contributed by atoms with Crippen LogP contribution in [0.2, 0.25) is 0 Å². The quantitative estimate of drug-likeness (QED) is 0.695. The lowest BCUT2D eigenvalue weighted by Gasteiger charge is -2.05. The van der Waals surface area contributed by atoms with Gasteiger partial charge in [0.05, 0.1) is 24.8 Å². The fourth-order valence-corrected chi connectivity index (χ4v) is 1.34. The second kappa shape index (κ2) is 8.23. The first-order valence-electron chi connectivity index (χ1n) is 5.75. The van der Waals surface area contributed by atoms with Gasteiger partial charge in [-0.3, -0.25) is 4.79 Å². The first-order valence-corrected chi connectivity index (χ1v) is 5.75. The molecule has 0 bridgehead atoms. The van der Waals surface area contributed by atoms with E-state index >= 15 is 0 Å². The summed E-state index contributed by atoms with van der Waals surface area (Å²) in [4.78, 5) is 11.7. The maximum Gasteiger partial charge on any atom is 0.251 e. The van der Waals surface area contributed by atoms with E-state index in [1.54, 1.807) is 24.3 Å². The first-order chi connectivity index (χ1) is 8.77. The van der Waals surface area contributed by atoms with Gasteiger partial charge in [-0.15, -0.1) is 0 Å². The van der Waals surface area contributed by atoms with Crippen LogP contribution < -0.4 is 5.32 Å². The number of benzene rings is 1. The zero-order valence-electron chi connectivity index (χ0n) is 10.1. The number of aliphatic hydroxyl groups excluding tert-OH is 1. The highest BCUT2D eigenvalue weighted by Gasteiger charge is 2.04. The fourth-order valence-electron chi connectivity index (χ4n) is 1.34. The maximum atomic E-state index is 11.7. The summed E-state index contributed by atoms with van der Waals surface area (Å²) in [7, 11) is 0. The van der Waals surface area contributed by atoms with E-state index in [-0.39, 0.29) is 12.5 Å². The minimum Gasteiger partial charge on any atom is -0.394 e. The normalized spacial score (nSPS) is 9.78. The summed E-state index contributed by atoms with van der Waals surface area (Å²) in [6.45, 7) is 1.36. The van der Waals surface area contributed by atoms with Gasteiger partial charge in [-0.2, -0.15) is 5.26 Å². The van der Waals surface area contributed by atoms with Crippen molar-refractivity contribution in [2.75, 3.05) is 26.4 Å². The van der Waals surface area contributed by atoms with Gasteiger partial charge in [0.15, 0.2) is 0 Å². The number of hydrogen-bond donors (Lipinski definition) is 2. The summed E-state index contributed by atoms with van der Waals surface area (Å²) in [5.74, 6) is -0.165. The van der Waals surface area contributed by atoms with Crippen LogP contribution in [-0.4, -0.2) is 37.4 Å². The highest BCUT2D eigenvalue weighted by atomic mass is 16.5. The molecule has 1 aromatic carbocycles. The number of nitrogens with one attached hydrogen (secondary N) is 1. The van der Waals surface area contributed by atoms with Crippen LogP contribution in [0.15, 0.2) is 24.3 Å². The van der Waals surface area contributed by atoms with E-state index in [4.69, 9.17) is 15.1 Å². The molecule has 0 atom stereocenters. The van der Waals surface area contributed by atoms with Gasteiger partial charge in [-0.1, -0.05) is 0 Å². The Hall–Kier alpha value is -1.90. The van der Waals surface area contributed by atoms with Crippen molar-refractivity contribution in [3.8, 4) is 6.07 Å². The number of carbonyl (C=O) groups is 1. The molecule has 0 aromatic heterocycles. The SMILES string of the molecule is N#Cc1ccc(C(=O)NCCCOCCO)cc1. The van der Waals surface area contributed by atoms with Crippen LogP contribution in [0.3, 0.4) is 0 Å². The molecule has 1 amide bonds. The molecule has 18 heavy (non-hydrogen) atoms. The van der Waals surface area contributed by atoms with Crippen molar-refractivity contribution in [2.45, 2.75) is 6.42 Å². The van der Waals surface area contributed by atoms with E-state index in [0.29, 0.717) is 37.3 Å². The number of ether oxygens (including phenoxy) is 1. The Bertz CT molecular complexity index is 409. The summed E-state index contributed by atoms with van der Waals surface area (Å²) in [6.07, 6.45) is 0.696. The van der Waals surface area contributed by atoms with E-state index in [2.05, 4.69) is 5.32 Å². The third-order valence-corrected chi connectivity index (χ3v) is 2.26. The molecule has 0 unspecified atom stereocenters. The van der Waals surface area contributed by atoms with Crippen molar-refractivity contribution in [2.24, 2.45) is 0 Å². The number of aliphatic hydroxyl groups is 1. The average molecular weight is 248 g/mol. The molecule has 96 valence electrons.